The maximum absolute atomic E-state index is 11.6. The third kappa shape index (κ3) is 3.30. The lowest BCUT2D eigenvalue weighted by Crippen LogP contribution is -2.19. The zero-order valence-corrected chi connectivity index (χ0v) is 12.0. The summed E-state index contributed by atoms with van der Waals surface area (Å²) in [6.45, 7) is 0. The van der Waals surface area contributed by atoms with Crippen LogP contribution >= 0.6 is 23.2 Å². The predicted octanol–water partition coefficient (Wildman–Crippen LogP) is 1.63. The van der Waals surface area contributed by atoms with Gasteiger partial charge in [0.05, 0.1) is 16.2 Å². The molecule has 0 saturated heterocycles. The van der Waals surface area contributed by atoms with Crippen molar-refractivity contribution in [2.75, 3.05) is 5.73 Å². The number of anilines is 1. The van der Waals surface area contributed by atoms with E-state index in [1.807, 2.05) is 0 Å². The van der Waals surface area contributed by atoms with Crippen molar-refractivity contribution in [2.24, 2.45) is 5.10 Å². The van der Waals surface area contributed by atoms with Crippen LogP contribution in [0.1, 0.15) is 16.1 Å². The van der Waals surface area contributed by atoms with Gasteiger partial charge in [0.25, 0.3) is 11.6 Å². The van der Waals surface area contributed by atoms with Crippen molar-refractivity contribution in [1.82, 2.24) is 15.7 Å². The van der Waals surface area contributed by atoms with E-state index in [1.165, 1.54) is 6.07 Å². The fourth-order valence-corrected chi connectivity index (χ4v) is 1.86. The summed E-state index contributed by atoms with van der Waals surface area (Å²) in [4.78, 5) is 21.7. The van der Waals surface area contributed by atoms with Gasteiger partial charge in [-0.3, -0.25) is 14.9 Å². The van der Waals surface area contributed by atoms with Crippen LogP contribution in [0.2, 0.25) is 10.0 Å². The first kappa shape index (κ1) is 15.7. The first-order valence-corrected chi connectivity index (χ1v) is 6.20. The number of nitrogens with two attached hydrogens (primary N) is 1. The molecule has 0 fully saturated rings. The van der Waals surface area contributed by atoms with Crippen molar-refractivity contribution in [2.45, 2.75) is 0 Å². The quantitative estimate of drug-likeness (QED) is 0.486. The number of aromatic nitrogens is 2. The first-order chi connectivity index (χ1) is 10.4. The fourth-order valence-electron chi connectivity index (χ4n) is 1.36. The van der Waals surface area contributed by atoms with Crippen LogP contribution in [-0.2, 0) is 0 Å². The van der Waals surface area contributed by atoms with Crippen molar-refractivity contribution >= 4 is 46.8 Å². The Hall–Kier alpha value is -2.72. The lowest BCUT2D eigenvalue weighted by atomic mass is 10.2. The first-order valence-electron chi connectivity index (χ1n) is 5.45. The van der Waals surface area contributed by atoms with Crippen LogP contribution in [0, 0.1) is 10.1 Å². The van der Waals surface area contributed by atoms with E-state index < -0.39 is 10.8 Å². The number of nitrogens with zero attached hydrogens (tertiary/aromatic N) is 4. The standard InChI is InChI=1S/C10H6Cl2N6O4/c11-5-2-6(12)7(18(20)21)1-4(5)3-14-15-10(19)8-9(13)17-22-16-8/h1-3H,(H2,13,17)(H,15,19)/b14-3+. The molecule has 1 aromatic carbocycles. The monoisotopic (exact) mass is 344 g/mol. The highest BCUT2D eigenvalue weighted by Gasteiger charge is 2.16. The number of nitrogen functional groups attached to an aromatic ring is 1. The Bertz CT molecular complexity index is 775. The number of hydrazone groups is 1. The third-order valence-electron chi connectivity index (χ3n) is 2.36. The summed E-state index contributed by atoms with van der Waals surface area (Å²) in [5.74, 6) is -0.970. The van der Waals surface area contributed by atoms with Crippen molar-refractivity contribution in [3.05, 3.63) is 43.5 Å². The molecule has 0 radical (unpaired) electrons. The van der Waals surface area contributed by atoms with Crippen LogP contribution in [0.4, 0.5) is 11.5 Å². The highest BCUT2D eigenvalue weighted by molar-refractivity contribution is 6.37. The highest BCUT2D eigenvalue weighted by Crippen LogP contribution is 2.29. The summed E-state index contributed by atoms with van der Waals surface area (Å²) >= 11 is 11.6. The molecular weight excluding hydrogens is 339 g/mol. The second-order valence-electron chi connectivity index (χ2n) is 3.78. The van der Waals surface area contributed by atoms with E-state index in [2.05, 4.69) is 25.5 Å². The number of nitrogens with one attached hydrogen (secondary N) is 1. The molecule has 12 heteroatoms. The van der Waals surface area contributed by atoms with Crippen molar-refractivity contribution in [3.8, 4) is 0 Å². The Morgan fingerprint density at radius 1 is 1.41 bits per heavy atom. The molecule has 0 unspecified atom stereocenters. The number of hydrogen-bond acceptors (Lipinski definition) is 8. The zero-order chi connectivity index (χ0) is 16.3. The predicted molar refractivity (Wildman–Crippen MR) is 76.9 cm³/mol. The van der Waals surface area contributed by atoms with Gasteiger partial charge in [-0.05, 0) is 16.4 Å². The van der Waals surface area contributed by atoms with Gasteiger partial charge in [0.2, 0.25) is 11.5 Å². The average Bonchev–Trinajstić information content (AvgIpc) is 2.86. The highest BCUT2D eigenvalue weighted by atomic mass is 35.5. The number of halogens is 2. The Balaban J connectivity index is 2.17. The molecule has 0 aliphatic carbocycles. The molecule has 1 heterocycles. The van der Waals surface area contributed by atoms with Crippen LogP contribution in [0.15, 0.2) is 21.9 Å². The maximum Gasteiger partial charge on any atom is 0.297 e. The largest absolute Gasteiger partial charge is 0.379 e. The normalized spacial score (nSPS) is 10.8. The van der Waals surface area contributed by atoms with Gasteiger partial charge in [-0.1, -0.05) is 23.2 Å². The molecule has 0 bridgehead atoms. The SMILES string of the molecule is Nc1nonc1C(=O)N/N=C/c1cc([N+](=O)[O-])c(Cl)cc1Cl. The lowest BCUT2D eigenvalue weighted by molar-refractivity contribution is -0.384. The molecule has 1 amide bonds. The second kappa shape index (κ2) is 6.37. The van der Waals surface area contributed by atoms with E-state index >= 15 is 0 Å². The van der Waals surface area contributed by atoms with Gasteiger partial charge in [0.1, 0.15) is 5.02 Å². The Kier molecular flexibility index (Phi) is 4.53. The minimum Gasteiger partial charge on any atom is -0.379 e. The van der Waals surface area contributed by atoms with E-state index in [1.54, 1.807) is 0 Å². The number of nitro groups is 1. The molecule has 114 valence electrons. The number of benzene rings is 1. The molecule has 0 spiro atoms. The Morgan fingerprint density at radius 3 is 2.73 bits per heavy atom. The number of amides is 1. The maximum atomic E-state index is 11.6. The third-order valence-corrected chi connectivity index (χ3v) is 2.99. The van der Waals surface area contributed by atoms with E-state index in [0.29, 0.717) is 0 Å². The second-order valence-corrected chi connectivity index (χ2v) is 4.59. The van der Waals surface area contributed by atoms with E-state index in [0.717, 1.165) is 12.3 Å². The van der Waals surface area contributed by atoms with Gasteiger partial charge in [-0.2, -0.15) is 5.10 Å². The van der Waals surface area contributed by atoms with Crippen LogP contribution in [-0.4, -0.2) is 27.4 Å². The molecule has 10 nitrogen and oxygen atoms in total. The minimum atomic E-state index is -0.769. The van der Waals surface area contributed by atoms with Crippen LogP contribution in [0.25, 0.3) is 0 Å². The summed E-state index contributed by atoms with van der Waals surface area (Å²) in [6, 6.07) is 2.32. The van der Waals surface area contributed by atoms with E-state index in [4.69, 9.17) is 28.9 Å². The van der Waals surface area contributed by atoms with Crippen molar-refractivity contribution < 1.29 is 14.3 Å². The summed E-state index contributed by atoms with van der Waals surface area (Å²) in [7, 11) is 0. The van der Waals surface area contributed by atoms with Crippen LogP contribution in [0.3, 0.4) is 0 Å². The van der Waals surface area contributed by atoms with E-state index in [9.17, 15) is 14.9 Å². The number of hydrogen-bond donors (Lipinski definition) is 2. The molecule has 1 aromatic heterocycles. The molecular formula is C10H6Cl2N6O4. The Labute approximate surface area is 132 Å². The minimum absolute atomic E-state index is 0.113. The summed E-state index contributed by atoms with van der Waals surface area (Å²) in [5, 5.41) is 20.9. The molecule has 0 saturated carbocycles. The van der Waals surface area contributed by atoms with Gasteiger partial charge in [-0.25, -0.2) is 10.1 Å². The fraction of sp³-hybridized carbons (Fsp3) is 0. The molecule has 2 aromatic rings. The van der Waals surface area contributed by atoms with Gasteiger partial charge in [0.15, 0.2) is 0 Å². The van der Waals surface area contributed by atoms with Crippen molar-refractivity contribution in [3.63, 3.8) is 0 Å². The molecule has 2 rings (SSSR count). The molecule has 3 N–H and O–H groups in total. The number of nitro benzene ring substituents is 1. The number of carbonyl (C=O) groups excluding carboxylic acids is 1. The smallest absolute Gasteiger partial charge is 0.297 e. The number of carbonyl (C=O) groups is 1. The van der Waals surface area contributed by atoms with Crippen LogP contribution in [0.5, 0.6) is 0 Å². The number of rotatable bonds is 4. The Morgan fingerprint density at radius 2 is 2.14 bits per heavy atom. The lowest BCUT2D eigenvalue weighted by Gasteiger charge is -2.01. The topological polar surface area (TPSA) is 150 Å². The molecule has 0 aliphatic heterocycles. The average molecular weight is 345 g/mol. The van der Waals surface area contributed by atoms with Crippen molar-refractivity contribution in [1.29, 1.82) is 0 Å². The summed E-state index contributed by atoms with van der Waals surface area (Å²) < 4.78 is 4.26. The summed E-state index contributed by atoms with van der Waals surface area (Å²) in [5.41, 5.74) is 7.01. The summed E-state index contributed by atoms with van der Waals surface area (Å²) in [6.07, 6.45) is 1.10. The zero-order valence-electron chi connectivity index (χ0n) is 10.5. The van der Waals surface area contributed by atoms with Crippen LogP contribution < -0.4 is 11.2 Å². The molecule has 0 aliphatic rings. The van der Waals surface area contributed by atoms with Gasteiger partial charge >= 0.3 is 0 Å². The molecule has 22 heavy (non-hydrogen) atoms. The van der Waals surface area contributed by atoms with E-state index in [-0.39, 0.29) is 32.8 Å². The molecule has 0 atom stereocenters. The van der Waals surface area contributed by atoms with Gasteiger partial charge in [-0.15, -0.1) is 0 Å². The van der Waals surface area contributed by atoms with Gasteiger partial charge < -0.3 is 5.73 Å². The van der Waals surface area contributed by atoms with Gasteiger partial charge in [0, 0.05) is 11.6 Å².